The normalized spacial score (nSPS) is 22.1. The van der Waals surface area contributed by atoms with E-state index >= 15 is 8.78 Å². The molecule has 6 heteroatoms. The highest BCUT2D eigenvalue weighted by Gasteiger charge is 2.42. The summed E-state index contributed by atoms with van der Waals surface area (Å²) in [6.07, 6.45) is -1.93. The summed E-state index contributed by atoms with van der Waals surface area (Å²) in [5, 5.41) is 18.3. The van der Waals surface area contributed by atoms with Crippen LogP contribution in [-0.4, -0.2) is 60.3 Å². The van der Waals surface area contributed by atoms with Gasteiger partial charge in [-0.05, 0) is 91.0 Å². The van der Waals surface area contributed by atoms with E-state index in [1.165, 1.54) is 26.9 Å². The first-order chi connectivity index (χ1) is 24.0. The second-order valence-electron chi connectivity index (χ2n) is 14.1. The van der Waals surface area contributed by atoms with Crippen LogP contribution in [0.15, 0.2) is 109 Å². The molecule has 0 bridgehead atoms. The minimum Gasteiger partial charge on any atom is -0.491 e. The molecule has 1 saturated carbocycles. The van der Waals surface area contributed by atoms with Gasteiger partial charge in [-0.15, -0.1) is 0 Å². The Balaban J connectivity index is 0.902. The zero-order chi connectivity index (χ0) is 33.1. The summed E-state index contributed by atoms with van der Waals surface area (Å²) >= 11 is 0. The molecule has 0 spiro atoms. The van der Waals surface area contributed by atoms with E-state index in [1.807, 2.05) is 42.5 Å². The van der Waals surface area contributed by atoms with Crippen molar-refractivity contribution in [3.05, 3.63) is 137 Å². The van der Waals surface area contributed by atoms with Crippen LogP contribution in [0.5, 0.6) is 5.75 Å². The van der Waals surface area contributed by atoms with Crippen molar-refractivity contribution >= 4 is 32.3 Å². The van der Waals surface area contributed by atoms with Gasteiger partial charge in [0.2, 0.25) is 0 Å². The van der Waals surface area contributed by atoms with Gasteiger partial charge in [0.05, 0.1) is 6.04 Å². The topological polar surface area (TPSA) is 35.9 Å². The van der Waals surface area contributed by atoms with Gasteiger partial charge in [0, 0.05) is 32.7 Å². The predicted octanol–water partition coefficient (Wildman–Crippen LogP) is 9.21. The summed E-state index contributed by atoms with van der Waals surface area (Å²) in [5.74, 6) is 1.07. The lowest BCUT2D eigenvalue weighted by Gasteiger charge is -2.40. The lowest BCUT2D eigenvalue weighted by molar-refractivity contribution is 0.0400. The van der Waals surface area contributed by atoms with Gasteiger partial charge in [-0.3, -0.25) is 9.80 Å². The van der Waals surface area contributed by atoms with Crippen LogP contribution in [0.3, 0.4) is 0 Å². The molecule has 3 aliphatic rings. The van der Waals surface area contributed by atoms with Crippen molar-refractivity contribution in [2.75, 3.05) is 39.3 Å². The Morgan fingerprint density at radius 1 is 0.612 bits per heavy atom. The highest BCUT2D eigenvalue weighted by atomic mass is 19.2. The third kappa shape index (κ3) is 5.47. The van der Waals surface area contributed by atoms with Crippen LogP contribution in [0, 0.1) is 0 Å². The number of alkyl halides is 2. The zero-order valence-corrected chi connectivity index (χ0v) is 27.4. The van der Waals surface area contributed by atoms with Gasteiger partial charge in [-0.1, -0.05) is 97.1 Å². The van der Waals surface area contributed by atoms with E-state index < -0.39 is 18.4 Å². The highest BCUT2D eigenvalue weighted by molar-refractivity contribution is 6.25. The quantitative estimate of drug-likeness (QED) is 0.174. The largest absolute Gasteiger partial charge is 0.491 e. The number of β-amino-alcohol motifs (C(OH)–C–C–N with tert-alkyl or cyclic N) is 1. The molecule has 4 atom stereocenters. The number of hydrogen-bond acceptors (Lipinski definition) is 4. The first-order valence-corrected chi connectivity index (χ1v) is 17.7. The maximum absolute atomic E-state index is 16.1. The molecular formula is C43H40F2N2O2. The lowest BCUT2D eigenvalue weighted by atomic mass is 9.89. The number of piperazine rings is 1. The number of aliphatic hydroxyl groups is 1. The second-order valence-corrected chi connectivity index (χ2v) is 14.1. The van der Waals surface area contributed by atoms with E-state index in [0.717, 1.165) is 66.8 Å². The van der Waals surface area contributed by atoms with Crippen molar-refractivity contribution in [3.8, 4) is 5.75 Å². The number of aliphatic hydroxyl groups excluding tert-OH is 1. The Bertz CT molecular complexity index is 2140. The molecule has 0 amide bonds. The molecule has 3 unspecified atom stereocenters. The van der Waals surface area contributed by atoms with Crippen molar-refractivity contribution in [3.63, 3.8) is 0 Å². The number of rotatable bonds is 7. The molecule has 6 aromatic carbocycles. The summed E-state index contributed by atoms with van der Waals surface area (Å²) in [7, 11) is 0. The average molecular weight is 655 g/mol. The van der Waals surface area contributed by atoms with Crippen LogP contribution in [-0.2, 0) is 0 Å². The van der Waals surface area contributed by atoms with Crippen LogP contribution in [0.2, 0.25) is 0 Å². The Morgan fingerprint density at radius 2 is 1.18 bits per heavy atom. The van der Waals surface area contributed by atoms with Gasteiger partial charge < -0.3 is 9.84 Å². The van der Waals surface area contributed by atoms with E-state index in [-0.39, 0.29) is 12.6 Å². The molecule has 1 N–H and O–H groups in total. The maximum atomic E-state index is 16.1. The standard InChI is InChI=1S/C43H40F2N2O2/c44-41-36-12-5-6-13-37(36)43(38-15-7-14-30(27-16-17-27)40(38)42(41)45)47-22-20-46(21-23-47)25-28(48)26-49-29-18-19-35-33-10-2-1-8-31(33)32-9-3-4-11-34(32)39(35)24-29/h1-15,18-19,24,27-28,41-43,48H,16-17,20-23,25-26H2/t28-,41?,42?,43?/m0/s1. The SMILES string of the molecule is O[C@H](COc1ccc2c3ccccc3c3ccccc3c2c1)CN1CCN(C2c3ccccc3C(F)C(F)c3c(C4CC4)cccc32)CC1. The lowest BCUT2D eigenvalue weighted by Crippen LogP contribution is -2.50. The molecule has 2 fully saturated rings. The van der Waals surface area contributed by atoms with Crippen LogP contribution in [0.1, 0.15) is 65.0 Å². The molecule has 1 saturated heterocycles. The smallest absolute Gasteiger partial charge is 0.161 e. The van der Waals surface area contributed by atoms with E-state index in [4.69, 9.17) is 4.74 Å². The molecule has 248 valence electrons. The molecular weight excluding hydrogens is 614 g/mol. The summed E-state index contributed by atoms with van der Waals surface area (Å²) in [4.78, 5) is 4.65. The van der Waals surface area contributed by atoms with Gasteiger partial charge >= 0.3 is 0 Å². The van der Waals surface area contributed by atoms with E-state index in [1.54, 1.807) is 6.07 Å². The number of nitrogens with zero attached hydrogens (tertiary/aromatic N) is 2. The molecule has 49 heavy (non-hydrogen) atoms. The van der Waals surface area contributed by atoms with Gasteiger partial charge in [0.1, 0.15) is 18.5 Å². The van der Waals surface area contributed by atoms with Crippen LogP contribution < -0.4 is 4.74 Å². The first kappa shape index (κ1) is 30.7. The van der Waals surface area contributed by atoms with Crippen LogP contribution in [0.25, 0.3) is 32.3 Å². The third-order valence-corrected chi connectivity index (χ3v) is 11.0. The fraction of sp³-hybridized carbons (Fsp3) is 0.302. The fourth-order valence-corrected chi connectivity index (χ4v) is 8.51. The molecule has 4 nitrogen and oxygen atoms in total. The third-order valence-electron chi connectivity index (χ3n) is 11.0. The van der Waals surface area contributed by atoms with E-state index in [2.05, 4.69) is 70.5 Å². The number of benzene rings is 6. The minimum absolute atomic E-state index is 0.195. The average Bonchev–Trinajstić information content (AvgIpc) is 4.01. The molecule has 1 aliphatic heterocycles. The Kier molecular flexibility index (Phi) is 7.83. The van der Waals surface area contributed by atoms with Crippen LogP contribution >= 0.6 is 0 Å². The van der Waals surface area contributed by atoms with Gasteiger partial charge in [-0.2, -0.15) is 0 Å². The van der Waals surface area contributed by atoms with Crippen molar-refractivity contribution in [2.24, 2.45) is 0 Å². The first-order valence-electron chi connectivity index (χ1n) is 17.7. The minimum atomic E-state index is -1.68. The Morgan fingerprint density at radius 3 is 1.86 bits per heavy atom. The van der Waals surface area contributed by atoms with Crippen molar-refractivity contribution in [2.45, 2.75) is 43.2 Å². The highest BCUT2D eigenvalue weighted by Crippen LogP contribution is 2.53. The number of hydrogen-bond donors (Lipinski definition) is 1. The second kappa shape index (κ2) is 12.5. The molecule has 9 rings (SSSR count). The molecule has 6 aromatic rings. The molecule has 0 radical (unpaired) electrons. The maximum Gasteiger partial charge on any atom is 0.161 e. The number of ether oxygens (including phenoxy) is 1. The van der Waals surface area contributed by atoms with Gasteiger partial charge in [0.25, 0.3) is 0 Å². The monoisotopic (exact) mass is 654 g/mol. The number of fused-ring (bicyclic) bond motifs is 8. The Labute approximate surface area is 285 Å². The summed E-state index contributed by atoms with van der Waals surface area (Å²) in [5.41, 5.74) is 3.79. The van der Waals surface area contributed by atoms with Crippen molar-refractivity contribution < 1.29 is 18.6 Å². The summed E-state index contributed by atoms with van der Waals surface area (Å²) in [6, 6.07) is 36.5. The molecule has 2 aliphatic carbocycles. The fourth-order valence-electron chi connectivity index (χ4n) is 8.51. The van der Waals surface area contributed by atoms with Gasteiger partial charge in [-0.25, -0.2) is 8.78 Å². The van der Waals surface area contributed by atoms with Crippen LogP contribution in [0.4, 0.5) is 8.78 Å². The van der Waals surface area contributed by atoms with E-state index in [0.29, 0.717) is 23.6 Å². The van der Waals surface area contributed by atoms with Crippen molar-refractivity contribution in [1.82, 2.24) is 9.80 Å². The molecule has 0 aromatic heterocycles. The van der Waals surface area contributed by atoms with Crippen molar-refractivity contribution in [1.29, 1.82) is 0 Å². The zero-order valence-electron chi connectivity index (χ0n) is 27.4. The predicted molar refractivity (Wildman–Crippen MR) is 193 cm³/mol. The molecule has 1 heterocycles. The van der Waals surface area contributed by atoms with E-state index in [9.17, 15) is 5.11 Å². The van der Waals surface area contributed by atoms with Gasteiger partial charge in [0.15, 0.2) is 12.3 Å². The number of halogens is 2. The summed E-state index contributed by atoms with van der Waals surface area (Å²) in [6.45, 7) is 3.66. The Hall–Kier alpha value is -4.36. The summed E-state index contributed by atoms with van der Waals surface area (Å²) < 4.78 is 38.1.